The SMILES string of the molecule is Cc1nc(-n2cccc2)sc1C(=O)N[C@@H]1CCS(=O)(=O)C1. The molecule has 1 fully saturated rings. The van der Waals surface area contributed by atoms with Gasteiger partial charge in [-0.15, -0.1) is 0 Å². The van der Waals surface area contributed by atoms with Gasteiger partial charge in [-0.2, -0.15) is 0 Å². The van der Waals surface area contributed by atoms with Gasteiger partial charge in [0.05, 0.1) is 17.2 Å². The summed E-state index contributed by atoms with van der Waals surface area (Å²) in [5.74, 6) is -0.0690. The Morgan fingerprint density at radius 2 is 2.14 bits per heavy atom. The summed E-state index contributed by atoms with van der Waals surface area (Å²) in [5, 5.41) is 3.52. The van der Waals surface area contributed by atoms with Crippen LogP contribution in [0.25, 0.3) is 5.13 Å². The van der Waals surface area contributed by atoms with E-state index < -0.39 is 9.84 Å². The van der Waals surface area contributed by atoms with Gasteiger partial charge in [-0.1, -0.05) is 11.3 Å². The molecule has 0 bridgehead atoms. The van der Waals surface area contributed by atoms with Crippen LogP contribution in [-0.2, 0) is 9.84 Å². The Morgan fingerprint density at radius 1 is 1.43 bits per heavy atom. The third kappa shape index (κ3) is 3.01. The lowest BCUT2D eigenvalue weighted by Crippen LogP contribution is -2.35. The summed E-state index contributed by atoms with van der Waals surface area (Å²) < 4.78 is 24.7. The van der Waals surface area contributed by atoms with E-state index in [0.717, 1.165) is 5.13 Å². The molecular formula is C13H15N3O3S2. The number of nitrogens with zero attached hydrogens (tertiary/aromatic N) is 2. The van der Waals surface area contributed by atoms with Gasteiger partial charge in [0.25, 0.3) is 5.91 Å². The number of aromatic nitrogens is 2. The van der Waals surface area contributed by atoms with Crippen LogP contribution in [0.5, 0.6) is 0 Å². The molecule has 2 aromatic heterocycles. The van der Waals surface area contributed by atoms with Crippen molar-refractivity contribution in [1.82, 2.24) is 14.9 Å². The lowest BCUT2D eigenvalue weighted by Gasteiger charge is -2.09. The van der Waals surface area contributed by atoms with E-state index in [0.29, 0.717) is 17.0 Å². The number of hydrogen-bond acceptors (Lipinski definition) is 5. The fraction of sp³-hybridized carbons (Fsp3) is 0.385. The standard InChI is InChI=1S/C13H15N3O3S2/c1-9-11(20-13(14-9)16-5-2-3-6-16)12(17)15-10-4-7-21(18,19)8-10/h2-3,5-6,10H,4,7-8H2,1H3,(H,15,17)/t10-/m1/s1. The minimum atomic E-state index is -2.99. The van der Waals surface area contributed by atoms with Crippen LogP contribution in [0.4, 0.5) is 0 Å². The molecule has 1 aliphatic heterocycles. The Bertz CT molecular complexity index is 763. The molecule has 1 atom stereocenters. The van der Waals surface area contributed by atoms with Gasteiger partial charge in [0, 0.05) is 18.4 Å². The highest BCUT2D eigenvalue weighted by Crippen LogP contribution is 2.22. The number of carbonyl (C=O) groups is 1. The van der Waals surface area contributed by atoms with Gasteiger partial charge in [-0.05, 0) is 25.5 Å². The van der Waals surface area contributed by atoms with E-state index >= 15 is 0 Å². The van der Waals surface area contributed by atoms with Crippen molar-refractivity contribution in [3.05, 3.63) is 35.1 Å². The highest BCUT2D eigenvalue weighted by atomic mass is 32.2. The summed E-state index contributed by atoms with van der Waals surface area (Å²) in [6, 6.07) is 3.48. The molecule has 0 aliphatic carbocycles. The zero-order chi connectivity index (χ0) is 15.0. The molecule has 0 unspecified atom stereocenters. The quantitative estimate of drug-likeness (QED) is 0.918. The molecule has 21 heavy (non-hydrogen) atoms. The van der Waals surface area contributed by atoms with Crippen LogP contribution in [0, 0.1) is 6.92 Å². The van der Waals surface area contributed by atoms with Gasteiger partial charge in [0.2, 0.25) is 0 Å². The molecule has 0 spiro atoms. The van der Waals surface area contributed by atoms with E-state index in [1.54, 1.807) is 6.92 Å². The number of nitrogens with one attached hydrogen (secondary N) is 1. The molecule has 0 aromatic carbocycles. The van der Waals surface area contributed by atoms with E-state index in [9.17, 15) is 13.2 Å². The third-order valence-electron chi connectivity index (χ3n) is 3.38. The Hall–Kier alpha value is -1.67. The van der Waals surface area contributed by atoms with Gasteiger partial charge in [-0.3, -0.25) is 4.79 Å². The maximum Gasteiger partial charge on any atom is 0.263 e. The van der Waals surface area contributed by atoms with Crippen molar-refractivity contribution in [2.75, 3.05) is 11.5 Å². The van der Waals surface area contributed by atoms with Crippen molar-refractivity contribution in [1.29, 1.82) is 0 Å². The maximum absolute atomic E-state index is 12.3. The number of amides is 1. The van der Waals surface area contributed by atoms with Gasteiger partial charge in [0.1, 0.15) is 4.88 Å². The second-order valence-corrected chi connectivity index (χ2v) is 8.28. The molecule has 8 heteroatoms. The van der Waals surface area contributed by atoms with Crippen molar-refractivity contribution in [2.45, 2.75) is 19.4 Å². The molecule has 0 radical (unpaired) electrons. The molecular weight excluding hydrogens is 310 g/mol. The molecule has 6 nitrogen and oxygen atoms in total. The highest BCUT2D eigenvalue weighted by molar-refractivity contribution is 7.91. The predicted octanol–water partition coefficient (Wildman–Crippen LogP) is 1.16. The van der Waals surface area contributed by atoms with Crippen molar-refractivity contribution in [2.24, 2.45) is 0 Å². The molecule has 1 amide bonds. The first-order chi connectivity index (χ1) is 9.94. The zero-order valence-corrected chi connectivity index (χ0v) is 13.1. The van der Waals surface area contributed by atoms with E-state index in [1.165, 1.54) is 11.3 Å². The fourth-order valence-electron chi connectivity index (χ4n) is 2.33. The topological polar surface area (TPSA) is 81.1 Å². The first-order valence-corrected chi connectivity index (χ1v) is 9.20. The van der Waals surface area contributed by atoms with Crippen LogP contribution in [0.2, 0.25) is 0 Å². The minimum absolute atomic E-state index is 0.0288. The van der Waals surface area contributed by atoms with E-state index in [4.69, 9.17) is 0 Å². The predicted molar refractivity (Wildman–Crippen MR) is 80.7 cm³/mol. The zero-order valence-electron chi connectivity index (χ0n) is 11.4. The van der Waals surface area contributed by atoms with Crippen LogP contribution >= 0.6 is 11.3 Å². The largest absolute Gasteiger partial charge is 0.347 e. The van der Waals surface area contributed by atoms with Crippen molar-refractivity contribution in [3.63, 3.8) is 0 Å². The summed E-state index contributed by atoms with van der Waals surface area (Å²) in [7, 11) is -2.99. The number of sulfone groups is 1. The van der Waals surface area contributed by atoms with Gasteiger partial charge >= 0.3 is 0 Å². The van der Waals surface area contributed by atoms with Gasteiger partial charge in [0.15, 0.2) is 15.0 Å². The molecule has 1 aliphatic rings. The number of thiazole rings is 1. The Kier molecular flexibility index (Phi) is 3.58. The van der Waals surface area contributed by atoms with Gasteiger partial charge < -0.3 is 9.88 Å². The van der Waals surface area contributed by atoms with Crippen LogP contribution in [0.3, 0.4) is 0 Å². The lowest BCUT2D eigenvalue weighted by atomic mass is 10.2. The average Bonchev–Trinajstić information content (AvgIpc) is 3.09. The number of aryl methyl sites for hydroxylation is 1. The Morgan fingerprint density at radius 3 is 2.76 bits per heavy atom. The summed E-state index contributed by atoms with van der Waals surface area (Å²) >= 11 is 1.30. The normalized spacial score (nSPS) is 20.5. The molecule has 112 valence electrons. The van der Waals surface area contributed by atoms with Gasteiger partial charge in [-0.25, -0.2) is 13.4 Å². The monoisotopic (exact) mass is 325 g/mol. The van der Waals surface area contributed by atoms with E-state index in [1.807, 2.05) is 29.1 Å². The molecule has 1 N–H and O–H groups in total. The minimum Gasteiger partial charge on any atom is -0.347 e. The third-order valence-corrected chi connectivity index (χ3v) is 6.32. The summed E-state index contributed by atoms with van der Waals surface area (Å²) in [4.78, 5) is 17.2. The summed E-state index contributed by atoms with van der Waals surface area (Å²) in [5.41, 5.74) is 0.655. The van der Waals surface area contributed by atoms with E-state index in [2.05, 4.69) is 10.3 Å². The molecule has 0 saturated carbocycles. The Labute approximate surface area is 126 Å². The first-order valence-electron chi connectivity index (χ1n) is 6.57. The molecule has 3 rings (SSSR count). The number of carbonyl (C=O) groups excluding carboxylic acids is 1. The molecule has 3 heterocycles. The van der Waals surface area contributed by atoms with E-state index in [-0.39, 0.29) is 23.5 Å². The second kappa shape index (κ2) is 5.27. The number of hydrogen-bond donors (Lipinski definition) is 1. The van der Waals surface area contributed by atoms with Crippen LogP contribution in [0.15, 0.2) is 24.5 Å². The van der Waals surface area contributed by atoms with Crippen molar-refractivity contribution >= 4 is 27.1 Å². The molecule has 2 aromatic rings. The summed E-state index contributed by atoms with van der Waals surface area (Å²) in [6.07, 6.45) is 4.21. The fourth-order valence-corrected chi connectivity index (χ4v) is 4.94. The maximum atomic E-state index is 12.3. The lowest BCUT2D eigenvalue weighted by molar-refractivity contribution is 0.0944. The second-order valence-electron chi connectivity index (χ2n) is 5.07. The van der Waals surface area contributed by atoms with Crippen LogP contribution < -0.4 is 5.32 Å². The number of rotatable bonds is 3. The van der Waals surface area contributed by atoms with Crippen molar-refractivity contribution < 1.29 is 13.2 Å². The average molecular weight is 325 g/mol. The first kappa shape index (κ1) is 14.3. The highest BCUT2D eigenvalue weighted by Gasteiger charge is 2.30. The Balaban J connectivity index is 1.76. The van der Waals surface area contributed by atoms with Crippen LogP contribution in [-0.4, -0.2) is 41.4 Å². The summed E-state index contributed by atoms with van der Waals surface area (Å²) in [6.45, 7) is 1.78. The smallest absolute Gasteiger partial charge is 0.263 e. The van der Waals surface area contributed by atoms with Crippen molar-refractivity contribution in [3.8, 4) is 5.13 Å². The van der Waals surface area contributed by atoms with Crippen LogP contribution in [0.1, 0.15) is 21.8 Å². The molecule has 1 saturated heterocycles.